The Morgan fingerprint density at radius 3 is 2.69 bits per heavy atom. The van der Waals surface area contributed by atoms with Crippen LogP contribution in [0.5, 0.6) is 5.75 Å². The van der Waals surface area contributed by atoms with Crippen LogP contribution in [0.2, 0.25) is 0 Å². The molecule has 8 nitrogen and oxygen atoms in total. The molecule has 4 rings (SSSR count). The van der Waals surface area contributed by atoms with Crippen molar-refractivity contribution in [2.24, 2.45) is 0 Å². The zero-order chi connectivity index (χ0) is 20.4. The maximum atomic E-state index is 12.6. The number of carbonyl (C=O) groups is 2. The van der Waals surface area contributed by atoms with Crippen molar-refractivity contribution in [1.82, 2.24) is 4.72 Å². The third-order valence-electron chi connectivity index (χ3n) is 4.95. The van der Waals surface area contributed by atoms with Gasteiger partial charge >= 0.3 is 0 Å². The highest BCUT2D eigenvalue weighted by Gasteiger charge is 2.23. The normalized spacial score (nSPS) is 16.6. The van der Waals surface area contributed by atoms with Gasteiger partial charge in [-0.3, -0.25) is 9.59 Å². The lowest BCUT2D eigenvalue weighted by Gasteiger charge is -2.18. The van der Waals surface area contributed by atoms with E-state index in [0.717, 1.165) is 25.7 Å². The van der Waals surface area contributed by atoms with E-state index in [1.54, 1.807) is 30.3 Å². The Kier molecular flexibility index (Phi) is 5.25. The summed E-state index contributed by atoms with van der Waals surface area (Å²) in [5.74, 6) is -0.201. The fourth-order valence-corrected chi connectivity index (χ4v) is 4.85. The number of hydrogen-bond donors (Lipinski definition) is 3. The first-order valence-corrected chi connectivity index (χ1v) is 10.9. The number of anilines is 2. The lowest BCUT2D eigenvalue weighted by atomic mass is 10.2. The molecule has 0 aromatic heterocycles. The van der Waals surface area contributed by atoms with Gasteiger partial charge in [-0.25, -0.2) is 13.1 Å². The largest absolute Gasteiger partial charge is 0.482 e. The summed E-state index contributed by atoms with van der Waals surface area (Å²) >= 11 is 0. The highest BCUT2D eigenvalue weighted by molar-refractivity contribution is 7.89. The molecule has 2 aromatic carbocycles. The summed E-state index contributed by atoms with van der Waals surface area (Å²) in [7, 11) is -3.68. The topological polar surface area (TPSA) is 114 Å². The van der Waals surface area contributed by atoms with Gasteiger partial charge in [-0.15, -0.1) is 0 Å². The second-order valence-corrected chi connectivity index (χ2v) is 8.85. The molecule has 3 N–H and O–H groups in total. The summed E-state index contributed by atoms with van der Waals surface area (Å²) in [5, 5.41) is 5.39. The summed E-state index contributed by atoms with van der Waals surface area (Å²) < 4.78 is 33.2. The number of carbonyl (C=O) groups excluding carboxylic acids is 2. The summed E-state index contributed by atoms with van der Waals surface area (Å²) in [6, 6.07) is 10.8. The predicted octanol–water partition coefficient (Wildman–Crippen LogP) is 2.49. The molecule has 1 heterocycles. The Morgan fingerprint density at radius 2 is 1.90 bits per heavy atom. The summed E-state index contributed by atoms with van der Waals surface area (Å²) in [6.45, 7) is -0.0468. The van der Waals surface area contributed by atoms with Crippen LogP contribution in [0.4, 0.5) is 11.4 Å². The van der Waals surface area contributed by atoms with Gasteiger partial charge in [0.25, 0.3) is 11.8 Å². The molecule has 9 heteroatoms. The number of nitrogens with one attached hydrogen (secondary N) is 3. The van der Waals surface area contributed by atoms with Crippen molar-refractivity contribution < 1.29 is 22.7 Å². The zero-order valence-corrected chi connectivity index (χ0v) is 16.4. The molecule has 1 fully saturated rings. The van der Waals surface area contributed by atoms with E-state index in [9.17, 15) is 18.0 Å². The maximum absolute atomic E-state index is 12.6. The molecule has 1 aliphatic carbocycles. The molecule has 152 valence electrons. The number of ether oxygens (including phenoxy) is 1. The standard InChI is InChI=1S/C20H21N3O5S/c24-19-12-28-18-9-8-15(11-17(18)22-19)21-20(25)13-4-3-7-16(10-13)29(26,27)23-14-5-1-2-6-14/h3-4,7-11,14,23H,1-2,5-6,12H2,(H,21,25)(H,22,24). The fraction of sp³-hybridized carbons (Fsp3) is 0.300. The van der Waals surface area contributed by atoms with Crippen LogP contribution in [0.1, 0.15) is 36.0 Å². The predicted molar refractivity (Wildman–Crippen MR) is 108 cm³/mol. The number of sulfonamides is 1. The Bertz CT molecular complexity index is 1060. The lowest BCUT2D eigenvalue weighted by Crippen LogP contribution is -2.32. The first-order valence-electron chi connectivity index (χ1n) is 9.41. The van der Waals surface area contributed by atoms with Crippen LogP contribution in [0.15, 0.2) is 47.4 Å². The van der Waals surface area contributed by atoms with Gasteiger partial charge in [0.05, 0.1) is 10.6 Å². The van der Waals surface area contributed by atoms with Crippen molar-refractivity contribution in [1.29, 1.82) is 0 Å². The van der Waals surface area contributed by atoms with E-state index >= 15 is 0 Å². The molecule has 0 atom stereocenters. The van der Waals surface area contributed by atoms with Crippen LogP contribution in [0.3, 0.4) is 0 Å². The first-order chi connectivity index (χ1) is 13.9. The van der Waals surface area contributed by atoms with Gasteiger partial charge in [-0.05, 0) is 49.2 Å². The van der Waals surface area contributed by atoms with E-state index in [0.29, 0.717) is 17.1 Å². The molecule has 0 spiro atoms. The van der Waals surface area contributed by atoms with Gasteiger partial charge < -0.3 is 15.4 Å². The third kappa shape index (κ3) is 4.41. The van der Waals surface area contributed by atoms with Gasteiger partial charge in [0.2, 0.25) is 10.0 Å². The molecule has 1 aliphatic heterocycles. The van der Waals surface area contributed by atoms with E-state index < -0.39 is 15.9 Å². The average molecular weight is 415 g/mol. The Hall–Kier alpha value is -2.91. The van der Waals surface area contributed by atoms with E-state index in [4.69, 9.17) is 4.74 Å². The Balaban J connectivity index is 1.50. The van der Waals surface area contributed by atoms with Gasteiger partial charge in [0.1, 0.15) is 5.75 Å². The van der Waals surface area contributed by atoms with Gasteiger partial charge in [-0.2, -0.15) is 0 Å². The highest BCUT2D eigenvalue weighted by atomic mass is 32.2. The van der Waals surface area contributed by atoms with Gasteiger partial charge in [-0.1, -0.05) is 18.9 Å². The molecule has 2 aromatic rings. The minimum Gasteiger partial charge on any atom is -0.482 e. The van der Waals surface area contributed by atoms with Crippen LogP contribution in [0.25, 0.3) is 0 Å². The molecule has 2 amide bonds. The second-order valence-electron chi connectivity index (χ2n) is 7.13. The molecular formula is C20H21N3O5S. The van der Waals surface area contributed by atoms with Crippen LogP contribution >= 0.6 is 0 Å². The smallest absolute Gasteiger partial charge is 0.262 e. The quantitative estimate of drug-likeness (QED) is 0.694. The van der Waals surface area contributed by atoms with Crippen molar-refractivity contribution in [2.45, 2.75) is 36.6 Å². The minimum absolute atomic E-state index is 0.0468. The van der Waals surface area contributed by atoms with Crippen LogP contribution in [-0.4, -0.2) is 32.9 Å². The average Bonchev–Trinajstić information content (AvgIpc) is 3.20. The molecule has 0 unspecified atom stereocenters. The van der Waals surface area contributed by atoms with E-state index in [1.807, 2.05) is 0 Å². The van der Waals surface area contributed by atoms with E-state index in [1.165, 1.54) is 12.1 Å². The van der Waals surface area contributed by atoms with Crippen molar-refractivity contribution in [3.63, 3.8) is 0 Å². The number of benzene rings is 2. The van der Waals surface area contributed by atoms with Crippen molar-refractivity contribution in [3.05, 3.63) is 48.0 Å². The molecule has 2 aliphatic rings. The van der Waals surface area contributed by atoms with Gasteiger partial charge in [0, 0.05) is 17.3 Å². The molecule has 1 saturated carbocycles. The maximum Gasteiger partial charge on any atom is 0.262 e. The second kappa shape index (κ2) is 7.84. The zero-order valence-electron chi connectivity index (χ0n) is 15.6. The molecule has 0 radical (unpaired) electrons. The number of hydrogen-bond acceptors (Lipinski definition) is 5. The van der Waals surface area contributed by atoms with Crippen LogP contribution < -0.4 is 20.1 Å². The third-order valence-corrected chi connectivity index (χ3v) is 6.47. The van der Waals surface area contributed by atoms with Crippen LogP contribution in [0, 0.1) is 0 Å². The first kappa shape index (κ1) is 19.4. The van der Waals surface area contributed by atoms with E-state index in [2.05, 4.69) is 15.4 Å². The SMILES string of the molecule is O=C1COc2ccc(NC(=O)c3cccc(S(=O)(=O)NC4CCCC4)c3)cc2N1. The highest BCUT2D eigenvalue weighted by Crippen LogP contribution is 2.30. The monoisotopic (exact) mass is 415 g/mol. The number of rotatable bonds is 5. The number of fused-ring (bicyclic) bond motifs is 1. The fourth-order valence-electron chi connectivity index (χ4n) is 3.50. The molecular weight excluding hydrogens is 394 g/mol. The van der Waals surface area contributed by atoms with Crippen LogP contribution in [-0.2, 0) is 14.8 Å². The van der Waals surface area contributed by atoms with E-state index in [-0.39, 0.29) is 29.0 Å². The summed E-state index contributed by atoms with van der Waals surface area (Å²) in [5.41, 5.74) is 1.14. The molecule has 0 saturated heterocycles. The van der Waals surface area contributed by atoms with Crippen molar-refractivity contribution in [2.75, 3.05) is 17.2 Å². The molecule has 0 bridgehead atoms. The lowest BCUT2D eigenvalue weighted by molar-refractivity contribution is -0.118. The Labute approximate surface area is 168 Å². The Morgan fingerprint density at radius 1 is 1.10 bits per heavy atom. The summed E-state index contributed by atoms with van der Waals surface area (Å²) in [6.07, 6.45) is 3.69. The minimum atomic E-state index is -3.68. The van der Waals surface area contributed by atoms with Crippen molar-refractivity contribution >= 4 is 33.2 Å². The van der Waals surface area contributed by atoms with Crippen molar-refractivity contribution in [3.8, 4) is 5.75 Å². The van der Waals surface area contributed by atoms with Gasteiger partial charge in [0.15, 0.2) is 6.61 Å². The number of amides is 2. The summed E-state index contributed by atoms with van der Waals surface area (Å²) in [4.78, 5) is 24.1. The molecule has 29 heavy (non-hydrogen) atoms.